The molecule has 5 nitrogen and oxygen atoms in total. The predicted octanol–water partition coefficient (Wildman–Crippen LogP) is -0.484. The van der Waals surface area contributed by atoms with Gasteiger partial charge in [0, 0.05) is 6.42 Å². The number of Topliss-reactive ketones (excluding diaryl/α,β-unsaturated/α-hetero) is 1. The van der Waals surface area contributed by atoms with E-state index in [0.717, 1.165) is 0 Å². The number of aliphatic hydroxyl groups excluding tert-OH is 1. The maximum atomic E-state index is 11.4. The van der Waals surface area contributed by atoms with Gasteiger partial charge in [0.1, 0.15) is 5.60 Å². The number of hydrogen-bond donors (Lipinski definition) is 2. The summed E-state index contributed by atoms with van der Waals surface area (Å²) in [5.41, 5.74) is 4.48. The number of ketones is 1. The van der Waals surface area contributed by atoms with Gasteiger partial charge < -0.3 is 15.6 Å². The van der Waals surface area contributed by atoms with Crippen LogP contribution in [0.1, 0.15) is 27.2 Å². The highest BCUT2D eigenvalue weighted by molar-refractivity contribution is 5.85. The van der Waals surface area contributed by atoms with Gasteiger partial charge in [0.2, 0.25) is 0 Å². The van der Waals surface area contributed by atoms with Crippen molar-refractivity contribution in [2.24, 2.45) is 5.73 Å². The van der Waals surface area contributed by atoms with Gasteiger partial charge in [-0.1, -0.05) is 0 Å². The molecule has 3 N–H and O–H groups in total. The van der Waals surface area contributed by atoms with Crippen LogP contribution in [-0.2, 0) is 14.3 Å². The Hall–Kier alpha value is -0.940. The van der Waals surface area contributed by atoms with E-state index in [0.29, 0.717) is 0 Å². The first-order valence-corrected chi connectivity index (χ1v) is 4.31. The molecule has 14 heavy (non-hydrogen) atoms. The monoisotopic (exact) mass is 202 g/mol. The lowest BCUT2D eigenvalue weighted by Crippen LogP contribution is -2.43. The van der Waals surface area contributed by atoms with Crippen molar-refractivity contribution in [3.05, 3.63) is 0 Å². The fourth-order valence-electron chi connectivity index (χ4n) is 0.955. The first-order valence-electron chi connectivity index (χ1n) is 4.31. The molecule has 1 radical (unpaired) electrons. The van der Waals surface area contributed by atoms with Gasteiger partial charge in [-0.3, -0.25) is 4.79 Å². The third-order valence-electron chi connectivity index (χ3n) is 1.81. The molecular weight excluding hydrogens is 186 g/mol. The molecule has 0 saturated heterocycles. The van der Waals surface area contributed by atoms with Gasteiger partial charge in [0.05, 0.1) is 12.1 Å². The lowest BCUT2D eigenvalue weighted by atomic mass is 9.96. The molecule has 0 aromatic heterocycles. The van der Waals surface area contributed by atoms with Crippen LogP contribution in [0.5, 0.6) is 0 Å². The molecule has 0 aromatic carbocycles. The van der Waals surface area contributed by atoms with E-state index in [1.165, 1.54) is 13.4 Å². The minimum absolute atomic E-state index is 0.0334. The van der Waals surface area contributed by atoms with Crippen LogP contribution in [0.25, 0.3) is 0 Å². The zero-order valence-corrected chi connectivity index (χ0v) is 8.61. The molecule has 0 bridgehead atoms. The number of ether oxygens (including phenoxy) is 1. The number of carbonyl (C=O) groups excluding carboxylic acids is 2. The zero-order valence-electron chi connectivity index (χ0n) is 8.61. The lowest BCUT2D eigenvalue weighted by Gasteiger charge is -2.23. The predicted molar refractivity (Wildman–Crippen MR) is 50.1 cm³/mol. The Balaban J connectivity index is 4.24. The van der Waals surface area contributed by atoms with Crippen molar-refractivity contribution in [2.45, 2.75) is 44.9 Å². The largest absolute Gasteiger partial charge is 0.451 e. The van der Waals surface area contributed by atoms with Crippen molar-refractivity contribution in [1.82, 2.24) is 0 Å². The molecule has 0 rings (SSSR count). The summed E-state index contributed by atoms with van der Waals surface area (Å²) in [4.78, 5) is 21.3. The van der Waals surface area contributed by atoms with Crippen LogP contribution in [0.2, 0.25) is 0 Å². The zero-order chi connectivity index (χ0) is 11.4. The summed E-state index contributed by atoms with van der Waals surface area (Å²) in [6.07, 6.45) is -0.938. The standard InChI is InChI=1S/C9H16NO4/c1-6(12)8(10)7(13)4-9(2,3)14-5-11/h6,8,12H,4,10H2,1-3H3. The Bertz CT molecular complexity index is 213. The van der Waals surface area contributed by atoms with Gasteiger partial charge in [-0.2, -0.15) is 0 Å². The third-order valence-corrected chi connectivity index (χ3v) is 1.81. The number of aliphatic hydroxyl groups is 1. The van der Waals surface area contributed by atoms with Crippen molar-refractivity contribution in [1.29, 1.82) is 0 Å². The molecule has 0 aliphatic rings. The Labute approximate surface area is 83.2 Å². The van der Waals surface area contributed by atoms with E-state index in [2.05, 4.69) is 4.74 Å². The van der Waals surface area contributed by atoms with Crippen LogP contribution >= 0.6 is 0 Å². The van der Waals surface area contributed by atoms with E-state index in [1.807, 2.05) is 0 Å². The molecule has 0 fully saturated rings. The third kappa shape index (κ3) is 4.34. The maximum absolute atomic E-state index is 11.4. The van der Waals surface area contributed by atoms with E-state index in [9.17, 15) is 9.59 Å². The van der Waals surface area contributed by atoms with Crippen molar-refractivity contribution >= 4 is 12.3 Å². The summed E-state index contributed by atoms with van der Waals surface area (Å²) in [6, 6.07) is -0.940. The van der Waals surface area contributed by atoms with Crippen LogP contribution in [0.4, 0.5) is 0 Å². The second-order valence-electron chi connectivity index (χ2n) is 3.85. The number of rotatable bonds is 6. The Morgan fingerprint density at radius 3 is 2.50 bits per heavy atom. The summed E-state index contributed by atoms with van der Waals surface area (Å²) in [5.74, 6) is -0.347. The minimum Gasteiger partial charge on any atom is -0.451 e. The topological polar surface area (TPSA) is 89.6 Å². The molecule has 0 aromatic rings. The molecule has 0 saturated carbocycles. The average Bonchev–Trinajstić information content (AvgIpc) is 2.01. The van der Waals surface area contributed by atoms with Gasteiger partial charge in [0.15, 0.2) is 5.78 Å². The average molecular weight is 202 g/mol. The number of hydrogen-bond acceptors (Lipinski definition) is 5. The fourth-order valence-corrected chi connectivity index (χ4v) is 0.955. The molecule has 2 unspecified atom stereocenters. The highest BCUT2D eigenvalue weighted by atomic mass is 16.5. The van der Waals surface area contributed by atoms with Crippen LogP contribution in [0.15, 0.2) is 0 Å². The van der Waals surface area contributed by atoms with Gasteiger partial charge >= 0.3 is 6.47 Å². The molecule has 0 aliphatic heterocycles. The SMILES string of the molecule is CC(O)C(N)C(=O)CC(C)(C)O[C]=O. The minimum atomic E-state index is -0.940. The van der Waals surface area contributed by atoms with Crippen molar-refractivity contribution in [3.8, 4) is 0 Å². The van der Waals surface area contributed by atoms with Crippen molar-refractivity contribution in [3.63, 3.8) is 0 Å². The summed E-state index contributed by atoms with van der Waals surface area (Å²) in [5, 5.41) is 9.05. The summed E-state index contributed by atoms with van der Waals surface area (Å²) in [6.45, 7) is 5.86. The molecular formula is C9H16NO4. The van der Waals surface area contributed by atoms with Gasteiger partial charge in [-0.05, 0) is 20.8 Å². The van der Waals surface area contributed by atoms with E-state index in [1.54, 1.807) is 13.8 Å². The van der Waals surface area contributed by atoms with E-state index in [-0.39, 0.29) is 12.2 Å². The van der Waals surface area contributed by atoms with Crippen LogP contribution in [0, 0.1) is 0 Å². The second kappa shape index (κ2) is 5.07. The highest BCUT2D eigenvalue weighted by Gasteiger charge is 2.28. The number of nitrogens with two attached hydrogens (primary N) is 1. The molecule has 0 amide bonds. The first kappa shape index (κ1) is 13.1. The Morgan fingerprint density at radius 1 is 1.64 bits per heavy atom. The molecule has 0 aliphatic carbocycles. The summed E-state index contributed by atoms with van der Waals surface area (Å²) >= 11 is 0. The Morgan fingerprint density at radius 2 is 2.14 bits per heavy atom. The van der Waals surface area contributed by atoms with E-state index in [4.69, 9.17) is 10.8 Å². The molecule has 5 heteroatoms. The van der Waals surface area contributed by atoms with Crippen molar-refractivity contribution in [2.75, 3.05) is 0 Å². The smallest absolute Gasteiger partial charge is 0.418 e. The molecule has 0 spiro atoms. The van der Waals surface area contributed by atoms with Crippen LogP contribution in [0.3, 0.4) is 0 Å². The number of carbonyl (C=O) groups is 1. The van der Waals surface area contributed by atoms with Gasteiger partial charge in [0.25, 0.3) is 0 Å². The molecule has 81 valence electrons. The van der Waals surface area contributed by atoms with Gasteiger partial charge in [-0.25, -0.2) is 4.79 Å². The normalized spacial score (nSPS) is 15.8. The lowest BCUT2D eigenvalue weighted by molar-refractivity contribution is -0.125. The fraction of sp³-hybridized carbons (Fsp3) is 0.778. The van der Waals surface area contributed by atoms with Crippen molar-refractivity contribution < 1.29 is 19.4 Å². The van der Waals surface area contributed by atoms with E-state index >= 15 is 0 Å². The van der Waals surface area contributed by atoms with E-state index < -0.39 is 17.7 Å². The molecule has 2 atom stereocenters. The molecule has 0 heterocycles. The van der Waals surface area contributed by atoms with Crippen LogP contribution < -0.4 is 5.73 Å². The second-order valence-corrected chi connectivity index (χ2v) is 3.85. The first-order chi connectivity index (χ1) is 6.30. The van der Waals surface area contributed by atoms with Crippen LogP contribution in [-0.4, -0.2) is 35.1 Å². The summed E-state index contributed by atoms with van der Waals surface area (Å²) < 4.78 is 4.57. The highest BCUT2D eigenvalue weighted by Crippen LogP contribution is 2.14. The Kier molecular flexibility index (Phi) is 4.73. The summed E-state index contributed by atoms with van der Waals surface area (Å²) in [7, 11) is 0. The quantitative estimate of drug-likeness (QED) is 0.607. The maximum Gasteiger partial charge on any atom is 0.418 e. The van der Waals surface area contributed by atoms with Gasteiger partial charge in [-0.15, -0.1) is 0 Å².